The molecule has 5 nitrogen and oxygen atoms in total. The van der Waals surface area contributed by atoms with E-state index in [1.54, 1.807) is 0 Å². The molecule has 0 bridgehead atoms. The highest BCUT2D eigenvalue weighted by atomic mass is 32.3. The molecule has 0 aromatic carbocycles. The van der Waals surface area contributed by atoms with Gasteiger partial charge in [-0.3, -0.25) is 9.11 Å². The van der Waals surface area contributed by atoms with Crippen molar-refractivity contribution in [3.8, 4) is 0 Å². The Labute approximate surface area is 60.6 Å². The molecule has 0 spiro atoms. The van der Waals surface area contributed by atoms with E-state index in [1.807, 2.05) is 0 Å². The van der Waals surface area contributed by atoms with E-state index in [4.69, 9.17) is 22.6 Å². The lowest BCUT2D eigenvalue weighted by molar-refractivity contribution is 0.343. The average Bonchev–Trinajstić information content (AvgIpc) is 1.61. The van der Waals surface area contributed by atoms with Gasteiger partial charge in [-0.1, -0.05) is 6.08 Å². The average molecular weight is 168 g/mol. The van der Waals surface area contributed by atoms with Crippen LogP contribution >= 0.6 is 0 Å². The molecule has 0 aliphatic heterocycles. The Morgan fingerprint density at radius 2 is 1.50 bits per heavy atom. The second kappa shape index (κ2) is 8.57. The molecule has 0 saturated carbocycles. The Morgan fingerprint density at radius 3 is 1.50 bits per heavy atom. The first kappa shape index (κ1) is 16.3. The predicted octanol–water partition coefficient (Wildman–Crippen LogP) is -0.407. The zero-order chi connectivity index (χ0) is 7.91. The first-order chi connectivity index (χ1) is 3.91. The van der Waals surface area contributed by atoms with E-state index in [1.165, 1.54) is 6.08 Å². The van der Waals surface area contributed by atoms with Gasteiger partial charge in [0.1, 0.15) is 0 Å². The van der Waals surface area contributed by atoms with Crippen LogP contribution in [0.4, 0.5) is 0 Å². The molecule has 0 aliphatic rings. The van der Waals surface area contributed by atoms with Crippen LogP contribution < -0.4 is 0 Å². The molecule has 0 saturated heterocycles. The lowest BCUT2D eigenvalue weighted by Crippen LogP contribution is -1.89. The van der Waals surface area contributed by atoms with Crippen LogP contribution in [0.25, 0.3) is 0 Å². The van der Waals surface area contributed by atoms with Crippen LogP contribution in [-0.2, 0) is 10.4 Å². The zero-order valence-corrected chi connectivity index (χ0v) is 5.87. The van der Waals surface area contributed by atoms with Gasteiger partial charge in [-0.25, -0.2) is 0 Å². The van der Waals surface area contributed by atoms with Gasteiger partial charge < -0.3 is 5.11 Å². The molecule has 0 heterocycles. The molecule has 6 heteroatoms. The van der Waals surface area contributed by atoms with Crippen molar-refractivity contribution in [2.75, 3.05) is 6.61 Å². The molecule has 4 radical (unpaired) electrons. The molecule has 0 fully saturated rings. The van der Waals surface area contributed by atoms with Gasteiger partial charge in [0.05, 0.1) is 6.61 Å². The minimum atomic E-state index is -4.67. The molecule has 0 rings (SSSR count). The van der Waals surface area contributed by atoms with E-state index in [0.717, 1.165) is 0 Å². The third kappa shape index (κ3) is 1010. The van der Waals surface area contributed by atoms with Crippen LogP contribution in [0.1, 0.15) is 0 Å². The fourth-order valence-corrected chi connectivity index (χ4v) is 0. The SMILES string of the molecule is C=CCO.O=S(=O)(O)O.[C]. The Balaban J connectivity index is -0.0000000910. The maximum absolute atomic E-state index is 8.74. The Morgan fingerprint density at radius 1 is 1.40 bits per heavy atom. The van der Waals surface area contributed by atoms with E-state index in [9.17, 15) is 0 Å². The molecule has 0 unspecified atom stereocenters. The number of rotatable bonds is 1. The highest BCUT2D eigenvalue weighted by molar-refractivity contribution is 7.79. The van der Waals surface area contributed by atoms with Crippen LogP contribution in [0.3, 0.4) is 0 Å². The standard InChI is InChI=1S/C3H6O.C.H2O4S/c1-2-3-4;;1-5(2,3)4/h2,4H,1,3H2;;(H2,1,2,3,4). The lowest BCUT2D eigenvalue weighted by atomic mass is 10.7. The van der Waals surface area contributed by atoms with Crippen molar-refractivity contribution < 1.29 is 22.6 Å². The summed E-state index contributed by atoms with van der Waals surface area (Å²) >= 11 is 0. The first-order valence-electron chi connectivity index (χ1n) is 1.83. The van der Waals surface area contributed by atoms with Crippen molar-refractivity contribution in [3.63, 3.8) is 0 Å². The van der Waals surface area contributed by atoms with E-state index in [0.29, 0.717) is 0 Å². The van der Waals surface area contributed by atoms with Gasteiger partial charge in [-0.2, -0.15) is 8.42 Å². The van der Waals surface area contributed by atoms with E-state index in [2.05, 4.69) is 6.58 Å². The van der Waals surface area contributed by atoms with Crippen molar-refractivity contribution in [1.82, 2.24) is 0 Å². The summed E-state index contributed by atoms with van der Waals surface area (Å²) in [4.78, 5) is 0. The molecule has 0 aromatic heterocycles. The minimum absolute atomic E-state index is 0. The van der Waals surface area contributed by atoms with Crippen LogP contribution in [-0.4, -0.2) is 29.2 Å². The molecule has 0 aliphatic carbocycles. The number of hydrogen-bond acceptors (Lipinski definition) is 3. The molecule has 0 amide bonds. The van der Waals surface area contributed by atoms with Gasteiger partial charge in [0.15, 0.2) is 0 Å². The summed E-state index contributed by atoms with van der Waals surface area (Å²) < 4.78 is 31.6. The second-order valence-corrected chi connectivity index (χ2v) is 1.81. The van der Waals surface area contributed by atoms with Gasteiger partial charge in [0, 0.05) is 7.43 Å². The topological polar surface area (TPSA) is 94.8 Å². The lowest BCUT2D eigenvalue weighted by Gasteiger charge is -1.68. The van der Waals surface area contributed by atoms with E-state index >= 15 is 0 Å². The van der Waals surface area contributed by atoms with Crippen molar-refractivity contribution >= 4 is 10.4 Å². The molecule has 0 atom stereocenters. The van der Waals surface area contributed by atoms with Crippen molar-refractivity contribution in [2.24, 2.45) is 0 Å². The third-order valence-corrected chi connectivity index (χ3v) is 0.129. The van der Waals surface area contributed by atoms with E-state index < -0.39 is 10.4 Å². The van der Waals surface area contributed by atoms with Crippen LogP contribution in [0, 0.1) is 7.43 Å². The fraction of sp³-hybridized carbons (Fsp3) is 0.250. The smallest absolute Gasteiger partial charge is 0.392 e. The van der Waals surface area contributed by atoms with Crippen molar-refractivity contribution in [3.05, 3.63) is 20.1 Å². The van der Waals surface area contributed by atoms with Gasteiger partial charge in [0.25, 0.3) is 0 Å². The van der Waals surface area contributed by atoms with Crippen molar-refractivity contribution in [1.29, 1.82) is 0 Å². The number of aliphatic hydroxyl groups is 1. The summed E-state index contributed by atoms with van der Waals surface area (Å²) in [6.45, 7) is 3.31. The third-order valence-electron chi connectivity index (χ3n) is 0.129. The Bertz CT molecular complexity index is 139. The predicted molar refractivity (Wildman–Crippen MR) is 34.7 cm³/mol. The van der Waals surface area contributed by atoms with Gasteiger partial charge in [-0.15, -0.1) is 6.58 Å². The summed E-state index contributed by atoms with van der Waals surface area (Å²) in [5.74, 6) is 0. The second-order valence-electron chi connectivity index (χ2n) is 0.919. The Kier molecular flexibility index (Phi) is 14.0. The Hall–Kier alpha value is -0.430. The molecular weight excluding hydrogens is 160 g/mol. The van der Waals surface area contributed by atoms with Gasteiger partial charge in [0.2, 0.25) is 0 Å². The zero-order valence-electron chi connectivity index (χ0n) is 5.06. The largest absolute Gasteiger partial charge is 0.394 e. The van der Waals surface area contributed by atoms with Gasteiger partial charge >= 0.3 is 10.4 Å². The summed E-state index contributed by atoms with van der Waals surface area (Å²) in [5, 5.41) is 7.76. The van der Waals surface area contributed by atoms with Crippen LogP contribution in [0.15, 0.2) is 12.7 Å². The maximum Gasteiger partial charge on any atom is 0.394 e. The van der Waals surface area contributed by atoms with Crippen LogP contribution in [0.5, 0.6) is 0 Å². The molecule has 10 heavy (non-hydrogen) atoms. The fourth-order valence-electron chi connectivity index (χ4n) is 0. The summed E-state index contributed by atoms with van der Waals surface area (Å²) in [6, 6.07) is 0. The number of aliphatic hydroxyl groups excluding tert-OH is 1. The first-order valence-corrected chi connectivity index (χ1v) is 3.23. The quantitative estimate of drug-likeness (QED) is 0.365. The maximum atomic E-state index is 8.74. The highest BCUT2D eigenvalue weighted by Crippen LogP contribution is 1.59. The molecule has 0 aromatic rings. The van der Waals surface area contributed by atoms with Crippen LogP contribution in [0.2, 0.25) is 0 Å². The number of hydrogen-bond donors (Lipinski definition) is 3. The summed E-state index contributed by atoms with van der Waals surface area (Å²) in [7, 11) is -4.67. The van der Waals surface area contributed by atoms with Gasteiger partial charge in [-0.05, 0) is 0 Å². The monoisotopic (exact) mass is 168 g/mol. The minimum Gasteiger partial charge on any atom is -0.392 e. The summed E-state index contributed by atoms with van der Waals surface area (Å²) in [6.07, 6.45) is 1.43. The molecule has 60 valence electrons. The van der Waals surface area contributed by atoms with Crippen molar-refractivity contribution in [2.45, 2.75) is 0 Å². The molecule has 3 N–H and O–H groups in total. The normalized spacial score (nSPS) is 8.30. The van der Waals surface area contributed by atoms with E-state index in [-0.39, 0.29) is 14.0 Å². The summed E-state index contributed by atoms with van der Waals surface area (Å²) in [5.41, 5.74) is 0. The molecular formula is C4H8O5S. The highest BCUT2D eigenvalue weighted by Gasteiger charge is 1.84.